The first kappa shape index (κ1) is 29.0. The number of carbonyl (C=O) groups is 2. The van der Waals surface area contributed by atoms with Crippen LogP contribution in [0.1, 0.15) is 11.1 Å². The van der Waals surface area contributed by atoms with Crippen molar-refractivity contribution in [2.24, 2.45) is 0 Å². The lowest BCUT2D eigenvalue weighted by atomic mass is 10.0. The van der Waals surface area contributed by atoms with Gasteiger partial charge in [-0.05, 0) is 82.9 Å². The van der Waals surface area contributed by atoms with Gasteiger partial charge < -0.3 is 10.6 Å². The van der Waals surface area contributed by atoms with Crippen LogP contribution in [0.25, 0.3) is 23.3 Å². The first-order chi connectivity index (χ1) is 20.2. The average molecular weight is 567 g/mol. The Balaban J connectivity index is 1.40. The summed E-state index contributed by atoms with van der Waals surface area (Å²) in [5.74, 6) is -5.75. The van der Waals surface area contributed by atoms with Crippen LogP contribution in [0.3, 0.4) is 0 Å². The maximum absolute atomic E-state index is 13.4. The highest BCUT2D eigenvalue weighted by Crippen LogP contribution is 2.24. The number of rotatable bonds is 7. The molecule has 42 heavy (non-hydrogen) atoms. The van der Waals surface area contributed by atoms with Crippen LogP contribution in [0.15, 0.2) is 96.1 Å². The Labute approximate surface area is 237 Å². The summed E-state index contributed by atoms with van der Waals surface area (Å²) in [6.45, 7) is 0. The van der Waals surface area contributed by atoms with E-state index >= 15 is 0 Å². The van der Waals surface area contributed by atoms with Gasteiger partial charge in [0.2, 0.25) is 0 Å². The van der Waals surface area contributed by atoms with Gasteiger partial charge in [-0.1, -0.05) is 36.4 Å². The number of nitrogens with one attached hydrogen (secondary N) is 2. The molecule has 0 bridgehead atoms. The van der Waals surface area contributed by atoms with Crippen LogP contribution in [0.2, 0.25) is 0 Å². The molecule has 206 valence electrons. The Morgan fingerprint density at radius 3 is 1.21 bits per heavy atom. The average Bonchev–Trinajstić information content (AvgIpc) is 2.99. The molecule has 0 spiro atoms. The first-order valence-electron chi connectivity index (χ1n) is 12.1. The SMILES string of the molecule is N#CC(=Cc1ccc(F)c(F)c1)C(=O)Nc1ccc(-c2ccc(NC(=O)C(C#N)=Cc3ccc(F)c(F)c3)cc2)cc1. The molecule has 0 unspecified atom stereocenters. The molecule has 0 saturated carbocycles. The van der Waals surface area contributed by atoms with Gasteiger partial charge in [0, 0.05) is 11.4 Å². The smallest absolute Gasteiger partial charge is 0.266 e. The number of carbonyl (C=O) groups excluding carboxylic acids is 2. The van der Waals surface area contributed by atoms with Crippen LogP contribution in [-0.2, 0) is 9.59 Å². The Bertz CT molecular complexity index is 1680. The van der Waals surface area contributed by atoms with E-state index < -0.39 is 35.1 Å². The van der Waals surface area contributed by atoms with E-state index in [2.05, 4.69) is 10.6 Å². The van der Waals surface area contributed by atoms with Crippen LogP contribution in [-0.4, -0.2) is 11.8 Å². The highest BCUT2D eigenvalue weighted by molar-refractivity contribution is 6.10. The number of amides is 2. The van der Waals surface area contributed by atoms with Crippen molar-refractivity contribution < 1.29 is 27.2 Å². The van der Waals surface area contributed by atoms with Crippen molar-refractivity contribution in [1.82, 2.24) is 0 Å². The molecule has 0 fully saturated rings. The molecule has 0 aliphatic rings. The summed E-state index contributed by atoms with van der Waals surface area (Å²) in [4.78, 5) is 25.0. The number of nitrogens with zero attached hydrogens (tertiary/aromatic N) is 2. The fraction of sp³-hybridized carbons (Fsp3) is 0. The van der Waals surface area contributed by atoms with Gasteiger partial charge in [-0.15, -0.1) is 0 Å². The van der Waals surface area contributed by atoms with Crippen LogP contribution in [0.4, 0.5) is 28.9 Å². The third-order valence-corrected chi connectivity index (χ3v) is 5.86. The lowest BCUT2D eigenvalue weighted by Crippen LogP contribution is -2.13. The number of hydrogen-bond donors (Lipinski definition) is 2. The second-order valence-electron chi connectivity index (χ2n) is 8.75. The van der Waals surface area contributed by atoms with Crippen molar-refractivity contribution in [1.29, 1.82) is 10.5 Å². The molecule has 0 radical (unpaired) electrons. The zero-order valence-corrected chi connectivity index (χ0v) is 21.5. The van der Waals surface area contributed by atoms with Crippen molar-refractivity contribution >= 4 is 35.3 Å². The van der Waals surface area contributed by atoms with Crippen LogP contribution in [0.5, 0.6) is 0 Å². The number of benzene rings is 4. The monoisotopic (exact) mass is 566 g/mol. The van der Waals surface area contributed by atoms with Gasteiger partial charge in [0.05, 0.1) is 0 Å². The molecule has 0 atom stereocenters. The number of anilines is 2. The van der Waals surface area contributed by atoms with E-state index in [9.17, 15) is 37.7 Å². The van der Waals surface area contributed by atoms with Crippen LogP contribution < -0.4 is 10.6 Å². The maximum atomic E-state index is 13.4. The van der Waals surface area contributed by atoms with E-state index in [1.54, 1.807) is 60.7 Å². The molecule has 0 aliphatic heterocycles. The second-order valence-corrected chi connectivity index (χ2v) is 8.75. The van der Waals surface area contributed by atoms with Crippen LogP contribution >= 0.6 is 0 Å². The molecular formula is C32H18F4N4O2. The summed E-state index contributed by atoms with van der Waals surface area (Å²) in [5, 5.41) is 23.8. The van der Waals surface area contributed by atoms with Gasteiger partial charge in [0.25, 0.3) is 11.8 Å². The number of nitriles is 2. The highest BCUT2D eigenvalue weighted by atomic mass is 19.2. The van der Waals surface area contributed by atoms with E-state index in [4.69, 9.17) is 0 Å². The first-order valence-corrected chi connectivity index (χ1v) is 12.1. The van der Waals surface area contributed by atoms with Crippen LogP contribution in [0, 0.1) is 45.9 Å². The van der Waals surface area contributed by atoms with Crippen molar-refractivity contribution in [3.63, 3.8) is 0 Å². The number of halogens is 4. The molecule has 6 nitrogen and oxygen atoms in total. The molecular weight excluding hydrogens is 548 g/mol. The normalized spacial score (nSPS) is 11.3. The van der Waals surface area contributed by atoms with E-state index in [0.29, 0.717) is 11.4 Å². The molecule has 2 amide bonds. The Morgan fingerprint density at radius 2 is 0.905 bits per heavy atom. The molecule has 0 aromatic heterocycles. The molecule has 10 heteroatoms. The van der Waals surface area contributed by atoms with Gasteiger partial charge in [0.15, 0.2) is 23.3 Å². The lowest BCUT2D eigenvalue weighted by Gasteiger charge is -2.08. The third-order valence-electron chi connectivity index (χ3n) is 5.86. The Kier molecular flexibility index (Phi) is 8.91. The molecule has 0 aliphatic carbocycles. The Morgan fingerprint density at radius 1 is 0.548 bits per heavy atom. The largest absolute Gasteiger partial charge is 0.321 e. The predicted molar refractivity (Wildman–Crippen MR) is 149 cm³/mol. The molecule has 0 heterocycles. The standard InChI is InChI=1S/C32H18F4N4O2/c33-27-11-1-19(15-29(27)35)13-23(17-37)31(41)39-25-7-3-21(4-8-25)22-5-9-26(10-6-22)40-32(42)24(18-38)14-20-2-12-28(34)30(36)16-20/h1-16H,(H,39,41)(H,40,42). The molecule has 2 N–H and O–H groups in total. The molecule has 4 rings (SSSR count). The van der Waals surface area contributed by atoms with Gasteiger partial charge in [0.1, 0.15) is 23.3 Å². The topological polar surface area (TPSA) is 106 Å². The minimum absolute atomic E-state index is 0.152. The minimum Gasteiger partial charge on any atom is -0.321 e. The fourth-order valence-electron chi connectivity index (χ4n) is 3.72. The molecule has 4 aromatic carbocycles. The maximum Gasteiger partial charge on any atom is 0.266 e. The fourth-order valence-corrected chi connectivity index (χ4v) is 3.72. The van der Waals surface area contributed by atoms with Gasteiger partial charge in [-0.2, -0.15) is 10.5 Å². The number of hydrogen-bond acceptors (Lipinski definition) is 4. The summed E-state index contributed by atoms with van der Waals surface area (Å²) < 4.78 is 53.1. The minimum atomic E-state index is -1.10. The van der Waals surface area contributed by atoms with E-state index in [1.807, 2.05) is 0 Å². The van der Waals surface area contributed by atoms with Crippen molar-refractivity contribution in [2.45, 2.75) is 0 Å². The van der Waals surface area contributed by atoms with Crippen molar-refractivity contribution in [3.05, 3.63) is 130 Å². The van der Waals surface area contributed by atoms with Gasteiger partial charge >= 0.3 is 0 Å². The molecule has 4 aromatic rings. The van der Waals surface area contributed by atoms with E-state index in [1.165, 1.54) is 12.1 Å². The summed E-state index contributed by atoms with van der Waals surface area (Å²) in [6.07, 6.45) is 2.29. The summed E-state index contributed by atoms with van der Waals surface area (Å²) >= 11 is 0. The molecule has 0 saturated heterocycles. The predicted octanol–water partition coefficient (Wildman–Crippen LogP) is 7.00. The van der Waals surface area contributed by atoms with Crippen molar-refractivity contribution in [3.8, 4) is 23.3 Å². The van der Waals surface area contributed by atoms with Crippen molar-refractivity contribution in [2.75, 3.05) is 10.6 Å². The van der Waals surface area contributed by atoms with Gasteiger partial charge in [-0.3, -0.25) is 9.59 Å². The summed E-state index contributed by atoms with van der Waals surface area (Å²) in [7, 11) is 0. The lowest BCUT2D eigenvalue weighted by molar-refractivity contribution is -0.113. The zero-order chi connectivity index (χ0) is 30.2. The zero-order valence-electron chi connectivity index (χ0n) is 21.5. The third kappa shape index (κ3) is 7.14. The van der Waals surface area contributed by atoms with E-state index in [0.717, 1.165) is 47.5 Å². The van der Waals surface area contributed by atoms with E-state index in [-0.39, 0.29) is 22.3 Å². The summed E-state index contributed by atoms with van der Waals surface area (Å²) in [6, 6.07) is 22.8. The summed E-state index contributed by atoms with van der Waals surface area (Å²) in [5.41, 5.74) is 1.99. The quantitative estimate of drug-likeness (QED) is 0.143. The second kappa shape index (κ2) is 12.9. The van der Waals surface area contributed by atoms with Gasteiger partial charge in [-0.25, -0.2) is 17.6 Å². The Hall–Kier alpha value is -6.00. The highest BCUT2D eigenvalue weighted by Gasteiger charge is 2.13.